The molecule has 0 radical (unpaired) electrons. The Bertz CT molecular complexity index is 949. The van der Waals surface area contributed by atoms with Crippen LogP contribution in [-0.2, 0) is 21.8 Å². The summed E-state index contributed by atoms with van der Waals surface area (Å²) in [6.07, 6.45) is 5.14. The fourth-order valence-corrected chi connectivity index (χ4v) is 3.46. The monoisotopic (exact) mass is 437 g/mol. The van der Waals surface area contributed by atoms with Crippen molar-refractivity contribution in [3.63, 3.8) is 0 Å². The molecule has 0 amide bonds. The quantitative estimate of drug-likeness (QED) is 0.476. The van der Waals surface area contributed by atoms with E-state index < -0.39 is 10.9 Å². The summed E-state index contributed by atoms with van der Waals surface area (Å²) in [5.41, 5.74) is 1.82. The zero-order valence-electron chi connectivity index (χ0n) is 15.0. The van der Waals surface area contributed by atoms with Crippen LogP contribution in [0.25, 0.3) is 0 Å². The first-order chi connectivity index (χ1) is 13.9. The standard InChI is InChI=1S/C19H16Cl2N2O2.HNO3/c20-15-7-5-14(6-8-15)18-11-24-19(25-18,12-23-10-9-22-13-23)16-3-1-2-4-17(16)21;2-1(3)4/h1-10,13,18H,11-12H2;(H,2,3,4). The number of imidazole rings is 1. The molecule has 1 aromatic heterocycles. The average Bonchev–Trinajstić information content (AvgIpc) is 3.33. The Morgan fingerprint density at radius 3 is 2.55 bits per heavy atom. The van der Waals surface area contributed by atoms with Gasteiger partial charge in [-0.05, 0) is 23.8 Å². The van der Waals surface area contributed by atoms with E-state index in [9.17, 15) is 0 Å². The lowest BCUT2D eigenvalue weighted by molar-refractivity contribution is -0.742. The average molecular weight is 438 g/mol. The number of rotatable bonds is 4. The Balaban J connectivity index is 0.000000552. The molecule has 0 aliphatic carbocycles. The van der Waals surface area contributed by atoms with E-state index in [1.54, 1.807) is 12.5 Å². The fraction of sp³-hybridized carbons (Fsp3) is 0.211. The van der Waals surface area contributed by atoms with Gasteiger partial charge >= 0.3 is 0 Å². The Morgan fingerprint density at radius 2 is 1.93 bits per heavy atom. The van der Waals surface area contributed by atoms with Crippen molar-refractivity contribution in [2.75, 3.05) is 6.61 Å². The molecule has 152 valence electrons. The highest BCUT2D eigenvalue weighted by atomic mass is 35.5. The van der Waals surface area contributed by atoms with Gasteiger partial charge < -0.3 is 19.2 Å². The summed E-state index contributed by atoms with van der Waals surface area (Å²) in [6, 6.07) is 15.2. The van der Waals surface area contributed by atoms with Crippen molar-refractivity contribution < 1.29 is 19.8 Å². The molecule has 0 saturated carbocycles. The highest BCUT2D eigenvalue weighted by molar-refractivity contribution is 6.31. The van der Waals surface area contributed by atoms with E-state index in [0.717, 1.165) is 11.1 Å². The van der Waals surface area contributed by atoms with E-state index in [1.807, 2.05) is 59.3 Å². The Morgan fingerprint density at radius 1 is 1.24 bits per heavy atom. The van der Waals surface area contributed by atoms with Crippen LogP contribution in [0.4, 0.5) is 0 Å². The molecule has 1 saturated heterocycles. The number of benzene rings is 2. The first kappa shape index (κ1) is 21.1. The van der Waals surface area contributed by atoms with Gasteiger partial charge in [0, 0.05) is 28.0 Å². The zero-order chi connectivity index (χ0) is 20.9. The largest absolute Gasteiger partial charge is 0.341 e. The van der Waals surface area contributed by atoms with E-state index in [2.05, 4.69) is 4.98 Å². The molecule has 1 aliphatic heterocycles. The van der Waals surface area contributed by atoms with Gasteiger partial charge in [0.2, 0.25) is 5.79 Å². The highest BCUT2D eigenvalue weighted by Crippen LogP contribution is 2.44. The summed E-state index contributed by atoms with van der Waals surface area (Å²) >= 11 is 12.4. The second-order valence-corrected chi connectivity index (χ2v) is 7.02. The van der Waals surface area contributed by atoms with E-state index >= 15 is 0 Å². The van der Waals surface area contributed by atoms with E-state index in [1.165, 1.54) is 0 Å². The van der Waals surface area contributed by atoms with Crippen molar-refractivity contribution in [3.05, 3.63) is 98.5 Å². The zero-order valence-corrected chi connectivity index (χ0v) is 16.5. The number of nitrogens with zero attached hydrogens (tertiary/aromatic N) is 3. The Labute approximate surface area is 176 Å². The predicted molar refractivity (Wildman–Crippen MR) is 105 cm³/mol. The molecule has 2 atom stereocenters. The molecule has 1 N–H and O–H groups in total. The first-order valence-corrected chi connectivity index (χ1v) is 9.26. The number of hydrogen-bond donors (Lipinski definition) is 1. The van der Waals surface area contributed by atoms with Crippen LogP contribution in [0, 0.1) is 10.1 Å². The van der Waals surface area contributed by atoms with Gasteiger partial charge in [-0.1, -0.05) is 53.5 Å². The van der Waals surface area contributed by atoms with Gasteiger partial charge in [0.15, 0.2) is 0 Å². The molecule has 2 unspecified atom stereocenters. The molecule has 4 rings (SSSR count). The number of aromatic nitrogens is 2. The maximum absolute atomic E-state index is 8.36. The van der Waals surface area contributed by atoms with Crippen molar-refractivity contribution in [1.82, 2.24) is 9.55 Å². The smallest absolute Gasteiger partial charge is 0.291 e. The summed E-state index contributed by atoms with van der Waals surface area (Å²) < 4.78 is 14.5. The molecular weight excluding hydrogens is 421 g/mol. The highest BCUT2D eigenvalue weighted by Gasteiger charge is 2.45. The molecule has 1 aliphatic rings. The molecule has 1 fully saturated rings. The normalized spacial score (nSPS) is 20.7. The van der Waals surface area contributed by atoms with Crippen LogP contribution in [0.1, 0.15) is 17.2 Å². The van der Waals surface area contributed by atoms with Gasteiger partial charge in [-0.25, -0.2) is 4.98 Å². The van der Waals surface area contributed by atoms with Gasteiger partial charge in [0.25, 0.3) is 5.09 Å². The third-order valence-electron chi connectivity index (χ3n) is 4.28. The van der Waals surface area contributed by atoms with Gasteiger partial charge in [0.05, 0.1) is 19.5 Å². The number of ether oxygens (including phenoxy) is 2. The van der Waals surface area contributed by atoms with Gasteiger partial charge in [-0.3, -0.25) is 0 Å². The first-order valence-electron chi connectivity index (χ1n) is 8.51. The summed E-state index contributed by atoms with van der Waals surface area (Å²) in [6.45, 7) is 0.891. The molecule has 8 nitrogen and oxygen atoms in total. The summed E-state index contributed by atoms with van der Waals surface area (Å²) in [5, 5.41) is 14.9. The minimum Gasteiger partial charge on any atom is -0.341 e. The van der Waals surface area contributed by atoms with E-state index in [0.29, 0.717) is 23.2 Å². The molecule has 29 heavy (non-hydrogen) atoms. The van der Waals surface area contributed by atoms with Crippen LogP contribution in [0.15, 0.2) is 67.3 Å². The lowest BCUT2D eigenvalue weighted by atomic mass is 10.1. The van der Waals surface area contributed by atoms with Gasteiger partial charge in [-0.15, -0.1) is 10.1 Å². The Hall–Kier alpha value is -2.65. The maximum Gasteiger partial charge on any atom is 0.291 e. The van der Waals surface area contributed by atoms with Crippen LogP contribution in [-0.4, -0.2) is 26.5 Å². The van der Waals surface area contributed by atoms with Crippen LogP contribution in [0.3, 0.4) is 0 Å². The fourth-order valence-electron chi connectivity index (χ4n) is 3.05. The summed E-state index contributed by atoms with van der Waals surface area (Å²) in [4.78, 5) is 12.5. The maximum atomic E-state index is 8.36. The molecule has 3 aromatic rings. The SMILES string of the molecule is Clc1ccc(C2COC(Cn3ccnc3)(c3ccccc3Cl)O2)cc1.O=[N+]([O-])O. The van der Waals surface area contributed by atoms with Crippen LogP contribution < -0.4 is 0 Å². The Kier molecular flexibility index (Phi) is 6.71. The number of halogens is 2. The third-order valence-corrected chi connectivity index (χ3v) is 4.86. The molecule has 2 aromatic carbocycles. The van der Waals surface area contributed by atoms with E-state index in [4.69, 9.17) is 48.0 Å². The second kappa shape index (κ2) is 9.23. The van der Waals surface area contributed by atoms with E-state index in [-0.39, 0.29) is 6.10 Å². The summed E-state index contributed by atoms with van der Waals surface area (Å²) in [7, 11) is 0. The van der Waals surface area contributed by atoms with Crippen molar-refractivity contribution in [2.45, 2.75) is 18.4 Å². The molecule has 0 spiro atoms. The lowest BCUT2D eigenvalue weighted by Crippen LogP contribution is -2.33. The van der Waals surface area contributed by atoms with Crippen LogP contribution >= 0.6 is 23.2 Å². The van der Waals surface area contributed by atoms with Crippen molar-refractivity contribution in [3.8, 4) is 0 Å². The van der Waals surface area contributed by atoms with Crippen molar-refractivity contribution in [1.29, 1.82) is 0 Å². The minimum atomic E-state index is -1.50. The predicted octanol–water partition coefficient (Wildman–Crippen LogP) is 4.48. The molecule has 10 heteroatoms. The van der Waals surface area contributed by atoms with Gasteiger partial charge in [0.1, 0.15) is 6.10 Å². The van der Waals surface area contributed by atoms with Crippen molar-refractivity contribution in [2.24, 2.45) is 0 Å². The third kappa shape index (κ3) is 5.24. The topological polar surface area (TPSA) is 99.7 Å². The van der Waals surface area contributed by atoms with Crippen LogP contribution in [0.2, 0.25) is 10.0 Å². The lowest BCUT2D eigenvalue weighted by Gasteiger charge is -2.29. The second-order valence-electron chi connectivity index (χ2n) is 6.17. The summed E-state index contributed by atoms with van der Waals surface area (Å²) in [5.74, 6) is -0.969. The molecular formula is C19H17Cl2N3O5. The van der Waals surface area contributed by atoms with Crippen molar-refractivity contribution >= 4 is 23.2 Å². The molecule has 2 heterocycles. The molecule has 0 bridgehead atoms. The minimum absolute atomic E-state index is 0.197. The number of hydrogen-bond acceptors (Lipinski definition) is 5. The van der Waals surface area contributed by atoms with Gasteiger partial charge in [-0.2, -0.15) is 0 Å². The van der Waals surface area contributed by atoms with Crippen LogP contribution in [0.5, 0.6) is 0 Å².